The van der Waals surface area contributed by atoms with Crippen LogP contribution in [0.4, 0.5) is 0 Å². The summed E-state index contributed by atoms with van der Waals surface area (Å²) in [5, 5.41) is 3.60. The molecular weight excluding hydrogens is 188 g/mol. The predicted octanol–water partition coefficient (Wildman–Crippen LogP) is 1.24. The van der Waals surface area contributed by atoms with Crippen molar-refractivity contribution >= 4 is 0 Å². The molecule has 0 bridgehead atoms. The third kappa shape index (κ3) is 3.44. The molecule has 0 amide bonds. The van der Waals surface area contributed by atoms with E-state index in [4.69, 9.17) is 4.74 Å². The van der Waals surface area contributed by atoms with Crippen LogP contribution in [-0.4, -0.2) is 49.8 Å². The van der Waals surface area contributed by atoms with Crippen molar-refractivity contribution < 1.29 is 4.74 Å². The third-order valence-electron chi connectivity index (χ3n) is 3.54. The molecule has 2 unspecified atom stereocenters. The minimum absolute atomic E-state index is 0.514. The predicted molar refractivity (Wildman–Crippen MR) is 62.1 cm³/mol. The lowest BCUT2D eigenvalue weighted by Crippen LogP contribution is -2.40. The van der Waals surface area contributed by atoms with Gasteiger partial charge in [0.15, 0.2) is 0 Å². The Morgan fingerprint density at radius 1 is 1.40 bits per heavy atom. The van der Waals surface area contributed by atoms with Crippen LogP contribution in [0.25, 0.3) is 0 Å². The largest absolute Gasteiger partial charge is 0.377 e. The van der Waals surface area contributed by atoms with Gasteiger partial charge in [0, 0.05) is 25.7 Å². The van der Waals surface area contributed by atoms with Crippen molar-refractivity contribution in [1.29, 1.82) is 0 Å². The summed E-state index contributed by atoms with van der Waals surface area (Å²) in [4.78, 5) is 2.59. The van der Waals surface area contributed by atoms with Gasteiger partial charge in [0.05, 0.1) is 6.10 Å². The SMILES string of the molecule is CCC1CN(CC2CCCO2)CCCN1. The average Bonchev–Trinajstić information content (AvgIpc) is 2.64. The second-order valence-electron chi connectivity index (χ2n) is 4.81. The van der Waals surface area contributed by atoms with Crippen LogP contribution >= 0.6 is 0 Å². The summed E-state index contributed by atoms with van der Waals surface area (Å²) in [5.41, 5.74) is 0. The summed E-state index contributed by atoms with van der Waals surface area (Å²) in [6.45, 7) is 8.03. The lowest BCUT2D eigenvalue weighted by atomic mass is 10.2. The van der Waals surface area contributed by atoms with Gasteiger partial charge in [-0.05, 0) is 38.8 Å². The molecule has 0 aromatic heterocycles. The van der Waals surface area contributed by atoms with E-state index >= 15 is 0 Å². The lowest BCUT2D eigenvalue weighted by molar-refractivity contribution is 0.0725. The van der Waals surface area contributed by atoms with Gasteiger partial charge in [-0.2, -0.15) is 0 Å². The molecule has 0 aromatic carbocycles. The maximum atomic E-state index is 5.70. The highest BCUT2D eigenvalue weighted by molar-refractivity contribution is 4.78. The molecule has 3 nitrogen and oxygen atoms in total. The van der Waals surface area contributed by atoms with Gasteiger partial charge in [0.2, 0.25) is 0 Å². The zero-order valence-corrected chi connectivity index (χ0v) is 9.87. The quantitative estimate of drug-likeness (QED) is 0.762. The van der Waals surface area contributed by atoms with Crippen LogP contribution in [0, 0.1) is 0 Å². The van der Waals surface area contributed by atoms with Crippen molar-refractivity contribution in [3.8, 4) is 0 Å². The Hall–Kier alpha value is -0.120. The number of nitrogens with one attached hydrogen (secondary N) is 1. The summed E-state index contributed by atoms with van der Waals surface area (Å²) >= 11 is 0. The van der Waals surface area contributed by atoms with Crippen molar-refractivity contribution in [3.63, 3.8) is 0 Å². The zero-order chi connectivity index (χ0) is 10.5. The third-order valence-corrected chi connectivity index (χ3v) is 3.54. The van der Waals surface area contributed by atoms with Gasteiger partial charge >= 0.3 is 0 Å². The summed E-state index contributed by atoms with van der Waals surface area (Å²) < 4.78 is 5.70. The highest BCUT2D eigenvalue weighted by Gasteiger charge is 2.22. The van der Waals surface area contributed by atoms with Crippen LogP contribution in [0.3, 0.4) is 0 Å². The molecule has 2 saturated heterocycles. The van der Waals surface area contributed by atoms with Gasteiger partial charge < -0.3 is 10.1 Å². The Labute approximate surface area is 93.2 Å². The molecule has 2 atom stereocenters. The van der Waals surface area contributed by atoms with Gasteiger partial charge in [0.1, 0.15) is 0 Å². The van der Waals surface area contributed by atoms with Gasteiger partial charge in [-0.15, -0.1) is 0 Å². The molecule has 0 saturated carbocycles. The van der Waals surface area contributed by atoms with E-state index in [1.165, 1.54) is 45.3 Å². The van der Waals surface area contributed by atoms with E-state index in [0.717, 1.165) is 13.2 Å². The minimum atomic E-state index is 0.514. The lowest BCUT2D eigenvalue weighted by Gasteiger charge is -2.25. The second-order valence-corrected chi connectivity index (χ2v) is 4.81. The maximum absolute atomic E-state index is 5.70. The standard InChI is InChI=1S/C12H24N2O/c1-2-11-9-14(7-4-6-13-11)10-12-5-3-8-15-12/h11-13H,2-10H2,1H3. The topological polar surface area (TPSA) is 24.5 Å². The van der Waals surface area contributed by atoms with E-state index in [-0.39, 0.29) is 0 Å². The summed E-state index contributed by atoms with van der Waals surface area (Å²) in [6.07, 6.45) is 5.56. The monoisotopic (exact) mass is 212 g/mol. The fraction of sp³-hybridized carbons (Fsp3) is 1.00. The first-order chi connectivity index (χ1) is 7.38. The summed E-state index contributed by atoms with van der Waals surface area (Å²) in [7, 11) is 0. The van der Waals surface area contributed by atoms with Crippen LogP contribution < -0.4 is 5.32 Å². The molecule has 15 heavy (non-hydrogen) atoms. The maximum Gasteiger partial charge on any atom is 0.0702 e. The molecule has 2 aliphatic heterocycles. The minimum Gasteiger partial charge on any atom is -0.377 e. The smallest absolute Gasteiger partial charge is 0.0702 e. The Balaban J connectivity index is 1.78. The zero-order valence-electron chi connectivity index (χ0n) is 9.87. The van der Waals surface area contributed by atoms with E-state index in [1.807, 2.05) is 0 Å². The summed E-state index contributed by atoms with van der Waals surface area (Å²) in [6, 6.07) is 0.689. The second kappa shape index (κ2) is 5.83. The van der Waals surface area contributed by atoms with Crippen molar-refractivity contribution in [3.05, 3.63) is 0 Å². The van der Waals surface area contributed by atoms with Crippen molar-refractivity contribution in [2.75, 3.05) is 32.8 Å². The first kappa shape index (κ1) is 11.4. The molecule has 0 radical (unpaired) electrons. The van der Waals surface area contributed by atoms with E-state index in [2.05, 4.69) is 17.1 Å². The van der Waals surface area contributed by atoms with Crippen LogP contribution in [0.5, 0.6) is 0 Å². The summed E-state index contributed by atoms with van der Waals surface area (Å²) in [5.74, 6) is 0. The van der Waals surface area contributed by atoms with E-state index in [0.29, 0.717) is 12.1 Å². The Morgan fingerprint density at radius 3 is 3.07 bits per heavy atom. The van der Waals surface area contributed by atoms with Crippen LogP contribution in [0.2, 0.25) is 0 Å². The molecule has 0 aromatic rings. The molecule has 2 heterocycles. The van der Waals surface area contributed by atoms with E-state index in [1.54, 1.807) is 0 Å². The van der Waals surface area contributed by atoms with Crippen molar-refractivity contribution in [1.82, 2.24) is 10.2 Å². The van der Waals surface area contributed by atoms with Gasteiger partial charge in [-0.3, -0.25) is 4.90 Å². The Morgan fingerprint density at radius 2 is 2.33 bits per heavy atom. The molecular formula is C12H24N2O. The molecule has 3 heteroatoms. The number of nitrogens with zero attached hydrogens (tertiary/aromatic N) is 1. The number of ether oxygens (including phenoxy) is 1. The molecule has 0 aliphatic carbocycles. The highest BCUT2D eigenvalue weighted by Crippen LogP contribution is 2.14. The molecule has 88 valence electrons. The fourth-order valence-electron chi connectivity index (χ4n) is 2.59. The Kier molecular flexibility index (Phi) is 4.42. The first-order valence-electron chi connectivity index (χ1n) is 6.46. The molecule has 1 N–H and O–H groups in total. The van der Waals surface area contributed by atoms with Crippen molar-refractivity contribution in [2.24, 2.45) is 0 Å². The van der Waals surface area contributed by atoms with Gasteiger partial charge in [-0.1, -0.05) is 6.92 Å². The van der Waals surface area contributed by atoms with Crippen LogP contribution in [0.1, 0.15) is 32.6 Å². The molecule has 0 spiro atoms. The number of hydrogen-bond donors (Lipinski definition) is 1. The van der Waals surface area contributed by atoms with Crippen LogP contribution in [0.15, 0.2) is 0 Å². The Bertz CT molecular complexity index is 180. The number of rotatable bonds is 3. The molecule has 2 aliphatic rings. The van der Waals surface area contributed by atoms with Gasteiger partial charge in [-0.25, -0.2) is 0 Å². The molecule has 2 rings (SSSR count). The normalized spacial score (nSPS) is 34.2. The van der Waals surface area contributed by atoms with Crippen LogP contribution in [-0.2, 0) is 4.74 Å². The average molecular weight is 212 g/mol. The first-order valence-corrected chi connectivity index (χ1v) is 6.46. The highest BCUT2D eigenvalue weighted by atomic mass is 16.5. The molecule has 2 fully saturated rings. The van der Waals surface area contributed by atoms with E-state index in [9.17, 15) is 0 Å². The van der Waals surface area contributed by atoms with Gasteiger partial charge in [0.25, 0.3) is 0 Å². The number of hydrogen-bond acceptors (Lipinski definition) is 3. The fourth-order valence-corrected chi connectivity index (χ4v) is 2.59. The van der Waals surface area contributed by atoms with E-state index < -0.39 is 0 Å². The van der Waals surface area contributed by atoms with Crippen molar-refractivity contribution in [2.45, 2.75) is 44.8 Å².